The van der Waals surface area contributed by atoms with Crippen LogP contribution in [0, 0.1) is 12.1 Å². The van der Waals surface area contributed by atoms with E-state index in [4.69, 9.17) is 14.4 Å². The van der Waals surface area contributed by atoms with Gasteiger partial charge in [-0.3, -0.25) is 19.9 Å². The molecule has 10 rings (SSSR count). The number of fused-ring (bicyclic) bond motifs is 4. The Morgan fingerprint density at radius 1 is 0.563 bits per heavy atom. The van der Waals surface area contributed by atoms with Gasteiger partial charge in [-0.25, -0.2) is 0 Å². The number of nitrogens with zero attached hydrogens (tertiary/aromatic N) is 5. The molecule has 0 bridgehead atoms. The summed E-state index contributed by atoms with van der Waals surface area (Å²) in [6, 6.07) is 53.5. The van der Waals surface area contributed by atoms with Gasteiger partial charge in [0, 0.05) is 66.3 Å². The van der Waals surface area contributed by atoms with Crippen molar-refractivity contribution >= 4 is 33.0 Å². The zero-order chi connectivity index (χ0) is 49.7. The van der Waals surface area contributed by atoms with Gasteiger partial charge in [-0.2, -0.15) is 0 Å². The average Bonchev–Trinajstić information content (AvgIpc) is 3.92. The van der Waals surface area contributed by atoms with Crippen molar-refractivity contribution in [2.75, 3.05) is 0 Å². The van der Waals surface area contributed by atoms with Crippen molar-refractivity contribution in [3.63, 3.8) is 0 Å². The number of para-hydroxylation sites is 2. The Labute approximate surface area is 434 Å². The third-order valence-electron chi connectivity index (χ3n) is 13.2. The van der Waals surface area contributed by atoms with E-state index in [2.05, 4.69) is 214 Å². The van der Waals surface area contributed by atoms with E-state index in [9.17, 15) is 0 Å². The standard InChI is InChI=1S/C50H50N3O.C14H15N2.Ir/c1-30(2)39-25-33(32-17-12-11-13-18-32)26-40(31(3)4)46(39)53-44-22-15-14-21-42(44)52-48(53)38-20-16-19-37-41-29-51-43(28-45(41)54-47(37)38)34-23-35(49(5,6)7)27-36(24-34)50(8,9)10;1-14(2,3)12-9-10-15-13(16-12)11-7-5-4-6-8-11;/h11-19,21-31H,1-10H3;4-7,9-10H,1-3H3;/q2*-1;. The SMILES string of the molecule is CC(C)(C)c1ccnc(-c2[c-]cccc2)n1.CC(C)c1cc(-c2ccccc2)cc(C(C)C)c1-n1c(-c2[c-]ccc3c2oc2cc(-c4cc(C(C)(C)C)cc(C(C)(C)C)c4)ncc23)nc2ccccc21.[Ir]. The van der Waals surface area contributed by atoms with Gasteiger partial charge in [-0.1, -0.05) is 149 Å². The maximum atomic E-state index is 6.89. The van der Waals surface area contributed by atoms with E-state index in [-0.39, 0.29) is 48.2 Å². The second-order valence-corrected chi connectivity index (χ2v) is 22.3. The number of hydrogen-bond donors (Lipinski definition) is 0. The number of benzene rings is 6. The third-order valence-corrected chi connectivity index (χ3v) is 13.2. The van der Waals surface area contributed by atoms with Crippen molar-refractivity contribution in [1.29, 1.82) is 0 Å². The van der Waals surface area contributed by atoms with Crippen LogP contribution in [0.2, 0.25) is 0 Å². The first-order valence-corrected chi connectivity index (χ1v) is 24.7. The van der Waals surface area contributed by atoms with Crippen LogP contribution in [0.3, 0.4) is 0 Å². The molecule has 6 nitrogen and oxygen atoms in total. The van der Waals surface area contributed by atoms with E-state index in [1.165, 1.54) is 39.1 Å². The molecule has 0 aliphatic rings. The molecule has 0 aliphatic carbocycles. The predicted octanol–water partition coefficient (Wildman–Crippen LogP) is 17.2. The molecule has 0 aliphatic heterocycles. The van der Waals surface area contributed by atoms with Gasteiger partial charge in [0.15, 0.2) is 0 Å². The van der Waals surface area contributed by atoms with Crippen LogP contribution >= 0.6 is 0 Å². The Kier molecular flexibility index (Phi) is 14.3. The van der Waals surface area contributed by atoms with E-state index in [1.54, 1.807) is 0 Å². The molecule has 0 N–H and O–H groups in total. The Bertz CT molecular complexity index is 3430. The van der Waals surface area contributed by atoms with E-state index >= 15 is 0 Å². The largest absolute Gasteiger partial charge is 0.500 e. The van der Waals surface area contributed by atoms with E-state index in [1.807, 2.05) is 48.8 Å². The molecular weight excluding hydrogens is 1050 g/mol. The summed E-state index contributed by atoms with van der Waals surface area (Å²) in [5, 5.41) is 1.98. The fourth-order valence-electron chi connectivity index (χ4n) is 9.08. The molecule has 10 aromatic rings. The van der Waals surface area contributed by atoms with Crippen LogP contribution in [0.1, 0.15) is 130 Å². The molecular formula is C64H65IrN5O-2. The van der Waals surface area contributed by atoms with Gasteiger partial charge in [0.25, 0.3) is 0 Å². The van der Waals surface area contributed by atoms with Crippen LogP contribution in [-0.2, 0) is 36.4 Å². The molecule has 6 aromatic carbocycles. The first-order valence-electron chi connectivity index (χ1n) is 24.7. The number of hydrogen-bond acceptors (Lipinski definition) is 5. The molecule has 0 saturated heterocycles. The van der Waals surface area contributed by atoms with Crippen molar-refractivity contribution in [2.24, 2.45) is 0 Å². The molecule has 4 heterocycles. The summed E-state index contributed by atoms with van der Waals surface area (Å²) >= 11 is 0. The summed E-state index contributed by atoms with van der Waals surface area (Å²) in [6.07, 6.45) is 3.78. The van der Waals surface area contributed by atoms with Crippen molar-refractivity contribution in [3.05, 3.63) is 186 Å². The topological polar surface area (TPSA) is 69.6 Å². The van der Waals surface area contributed by atoms with Crippen LogP contribution in [0.5, 0.6) is 0 Å². The van der Waals surface area contributed by atoms with Crippen LogP contribution < -0.4 is 0 Å². The minimum Gasteiger partial charge on any atom is -0.500 e. The maximum Gasteiger partial charge on any atom is 0.124 e. The molecule has 1 radical (unpaired) electrons. The van der Waals surface area contributed by atoms with Crippen LogP contribution in [0.25, 0.3) is 83.8 Å². The van der Waals surface area contributed by atoms with Crippen LogP contribution in [0.15, 0.2) is 150 Å². The summed E-state index contributed by atoms with van der Waals surface area (Å²) in [5.74, 6) is 2.09. The van der Waals surface area contributed by atoms with Crippen molar-refractivity contribution in [1.82, 2.24) is 24.5 Å². The Morgan fingerprint density at radius 3 is 1.83 bits per heavy atom. The van der Waals surface area contributed by atoms with Crippen molar-refractivity contribution < 1.29 is 24.5 Å². The number of furan rings is 1. The van der Waals surface area contributed by atoms with E-state index < -0.39 is 0 Å². The molecule has 0 unspecified atom stereocenters. The number of rotatable bonds is 7. The van der Waals surface area contributed by atoms with Gasteiger partial charge in [0.2, 0.25) is 0 Å². The summed E-state index contributed by atoms with van der Waals surface area (Å²) in [4.78, 5) is 19.3. The molecule has 71 heavy (non-hydrogen) atoms. The number of imidazole rings is 1. The first-order chi connectivity index (χ1) is 33.3. The monoisotopic (exact) mass is 1110 g/mol. The molecule has 0 spiro atoms. The molecule has 7 heteroatoms. The molecule has 0 saturated carbocycles. The summed E-state index contributed by atoms with van der Waals surface area (Å²) in [7, 11) is 0. The summed E-state index contributed by atoms with van der Waals surface area (Å²) in [6.45, 7) is 29.2. The number of pyridine rings is 1. The molecule has 0 fully saturated rings. The number of aromatic nitrogens is 5. The normalized spacial score (nSPS) is 12.2. The molecule has 363 valence electrons. The van der Waals surface area contributed by atoms with Crippen molar-refractivity contribution in [3.8, 4) is 50.8 Å². The zero-order valence-electron chi connectivity index (χ0n) is 43.5. The first kappa shape index (κ1) is 50.8. The molecule has 0 amide bonds. The second-order valence-electron chi connectivity index (χ2n) is 22.3. The summed E-state index contributed by atoms with van der Waals surface area (Å²) < 4.78 is 9.25. The van der Waals surface area contributed by atoms with E-state index in [0.717, 1.165) is 72.7 Å². The van der Waals surface area contributed by atoms with Gasteiger partial charge in [-0.15, -0.1) is 54.1 Å². The van der Waals surface area contributed by atoms with Gasteiger partial charge in [-0.05, 0) is 98.5 Å². The minimum atomic E-state index is 0. The van der Waals surface area contributed by atoms with Gasteiger partial charge in [0.05, 0.1) is 34.0 Å². The molecule has 0 atom stereocenters. The third kappa shape index (κ3) is 10.5. The Morgan fingerprint density at radius 2 is 1.21 bits per heavy atom. The predicted molar refractivity (Wildman–Crippen MR) is 292 cm³/mol. The fourth-order valence-corrected chi connectivity index (χ4v) is 9.08. The van der Waals surface area contributed by atoms with Gasteiger partial charge in [0.1, 0.15) is 5.58 Å². The summed E-state index contributed by atoms with van der Waals surface area (Å²) in [5.41, 5.74) is 17.2. The van der Waals surface area contributed by atoms with Crippen LogP contribution in [-0.4, -0.2) is 24.5 Å². The van der Waals surface area contributed by atoms with E-state index in [0.29, 0.717) is 0 Å². The van der Waals surface area contributed by atoms with Crippen LogP contribution in [0.4, 0.5) is 0 Å². The van der Waals surface area contributed by atoms with Gasteiger partial charge < -0.3 is 8.98 Å². The molecule has 4 aromatic heterocycles. The second kappa shape index (κ2) is 19.9. The Balaban J connectivity index is 0.000000338. The Hall–Kier alpha value is -6.53. The maximum absolute atomic E-state index is 6.89. The smallest absolute Gasteiger partial charge is 0.124 e. The zero-order valence-corrected chi connectivity index (χ0v) is 45.9. The average molecular weight is 1110 g/mol. The fraction of sp³-hybridized carbons (Fsp3) is 0.281. The minimum absolute atomic E-state index is 0. The van der Waals surface area contributed by atoms with Crippen molar-refractivity contribution in [2.45, 2.75) is 118 Å². The van der Waals surface area contributed by atoms with Gasteiger partial charge >= 0.3 is 0 Å². The quantitative estimate of drug-likeness (QED) is 0.149.